The number of carbonyl (C=O) groups is 2. The van der Waals surface area contributed by atoms with Crippen LogP contribution >= 0.6 is 11.6 Å². The molecule has 2 heterocycles. The molecule has 0 aliphatic rings. The molecule has 2 unspecified atom stereocenters. The number of carbonyl (C=O) groups excluding carboxylic acids is 2. The Hall–Kier alpha value is -9.03. The van der Waals surface area contributed by atoms with Crippen LogP contribution in [0.25, 0.3) is 68.3 Å². The van der Waals surface area contributed by atoms with E-state index in [-0.39, 0.29) is 71.4 Å². The van der Waals surface area contributed by atoms with Crippen molar-refractivity contribution in [3.8, 4) is 114 Å². The fourth-order valence-corrected chi connectivity index (χ4v) is 10.2. The normalized spacial score (nSPS) is 11.6. The van der Waals surface area contributed by atoms with Crippen LogP contribution < -0.4 is 18.9 Å². The lowest BCUT2D eigenvalue weighted by atomic mass is 10.1. The van der Waals surface area contributed by atoms with Gasteiger partial charge in [0.25, 0.3) is 0 Å². The van der Waals surface area contributed by atoms with E-state index in [2.05, 4.69) is 57.6 Å². The standard InChI is InChI=1S/C37H46ClN3O4.C37H43N3O8/c1-3-5-7-9-11-13-23-44-29-19-21-31(33(42)25-29)36-39-35(27-15-17-28(38)18-16-27)40-37(41-36)32-22-20-30(26-34(32)43)45-24-14-12-10-8-6-4-2;1-5-7-14-29(47-24(3)41)22-45-27-16-18-31(33(43)20-27)36-38-35(26-12-10-9-11-13-26)39-37(40-36)32-19-17-28(21-34(32)44)46-23-30(15-8-6-2)48-25(4)42/h15-22,25-26,42-43H,3-14,23-24H2,1-2H3;9-13,16-21,29-30,43-44H,5-8,14-15,22-23H2,1-4H3. The van der Waals surface area contributed by atoms with Gasteiger partial charge in [0, 0.05) is 54.3 Å². The molecule has 2 atom stereocenters. The van der Waals surface area contributed by atoms with Gasteiger partial charge in [-0.2, -0.15) is 0 Å². The molecule has 2 aromatic heterocycles. The van der Waals surface area contributed by atoms with E-state index in [1.165, 1.54) is 77.3 Å². The average molecular weight is 1290 g/mol. The van der Waals surface area contributed by atoms with Crippen LogP contribution in [0.2, 0.25) is 5.02 Å². The molecule has 494 valence electrons. The quantitative estimate of drug-likeness (QED) is 0.0210. The van der Waals surface area contributed by atoms with Crippen LogP contribution in [-0.2, 0) is 19.1 Å². The maximum Gasteiger partial charge on any atom is 0.303 e. The third kappa shape index (κ3) is 23.2. The minimum absolute atomic E-state index is 0.00249. The second-order valence-electron chi connectivity index (χ2n) is 22.8. The van der Waals surface area contributed by atoms with Gasteiger partial charge in [0.1, 0.15) is 71.4 Å². The minimum Gasteiger partial charge on any atom is -0.507 e. The first-order valence-corrected chi connectivity index (χ1v) is 33.0. The van der Waals surface area contributed by atoms with Crippen LogP contribution in [0, 0.1) is 0 Å². The summed E-state index contributed by atoms with van der Waals surface area (Å²) in [5.74, 6) is 2.59. The van der Waals surface area contributed by atoms with Crippen molar-refractivity contribution in [1.29, 1.82) is 0 Å². The number of hydrogen-bond donors (Lipinski definition) is 4. The van der Waals surface area contributed by atoms with Crippen LogP contribution in [0.15, 0.2) is 127 Å². The molecule has 6 aromatic carbocycles. The summed E-state index contributed by atoms with van der Waals surface area (Å²) in [6, 6.07) is 36.3. The summed E-state index contributed by atoms with van der Waals surface area (Å²) in [5, 5.41) is 44.7. The van der Waals surface area contributed by atoms with E-state index in [0.29, 0.717) is 93.5 Å². The van der Waals surface area contributed by atoms with E-state index >= 15 is 0 Å². The molecule has 8 aromatic rings. The molecule has 0 saturated heterocycles. The fraction of sp³-hybridized carbons (Fsp3) is 0.405. The van der Waals surface area contributed by atoms with E-state index in [9.17, 15) is 30.0 Å². The second kappa shape index (κ2) is 38.1. The molecule has 8 rings (SSSR count). The Morgan fingerprint density at radius 2 is 0.688 bits per heavy atom. The number of rotatable bonds is 36. The summed E-state index contributed by atoms with van der Waals surface area (Å²) in [6.07, 6.45) is 18.4. The number of halogens is 1. The highest BCUT2D eigenvalue weighted by Crippen LogP contribution is 2.38. The summed E-state index contributed by atoms with van der Waals surface area (Å²) in [7, 11) is 0. The van der Waals surface area contributed by atoms with Gasteiger partial charge in [-0.15, -0.1) is 0 Å². The van der Waals surface area contributed by atoms with Crippen molar-refractivity contribution in [2.24, 2.45) is 0 Å². The number of phenolic OH excluding ortho intramolecular Hbond substituents is 4. The third-order valence-electron chi connectivity index (χ3n) is 15.1. The highest BCUT2D eigenvalue weighted by Gasteiger charge is 2.22. The van der Waals surface area contributed by atoms with Crippen LogP contribution in [0.4, 0.5) is 0 Å². The first-order valence-electron chi connectivity index (χ1n) is 32.7. The number of unbranched alkanes of at least 4 members (excludes halogenated alkanes) is 12. The maximum atomic E-state index is 11.5. The lowest BCUT2D eigenvalue weighted by Gasteiger charge is -2.18. The Balaban J connectivity index is 0.000000264. The van der Waals surface area contributed by atoms with Gasteiger partial charge in [-0.25, -0.2) is 29.9 Å². The maximum absolute atomic E-state index is 11.5. The number of nitrogens with zero attached hydrogens (tertiary/aromatic N) is 6. The average Bonchev–Trinajstić information content (AvgIpc) is 0.850. The zero-order valence-corrected chi connectivity index (χ0v) is 55.2. The van der Waals surface area contributed by atoms with Crippen molar-refractivity contribution in [1.82, 2.24) is 29.9 Å². The Morgan fingerprint density at radius 3 is 1.02 bits per heavy atom. The van der Waals surface area contributed by atoms with Crippen LogP contribution in [0.1, 0.15) is 157 Å². The lowest BCUT2D eigenvalue weighted by Crippen LogP contribution is -2.24. The van der Waals surface area contributed by atoms with Gasteiger partial charge in [0.05, 0.1) is 35.5 Å². The van der Waals surface area contributed by atoms with E-state index in [1.54, 1.807) is 60.7 Å². The molecule has 0 aliphatic heterocycles. The molecule has 93 heavy (non-hydrogen) atoms. The summed E-state index contributed by atoms with van der Waals surface area (Å²) in [4.78, 5) is 51.0. The zero-order chi connectivity index (χ0) is 66.3. The van der Waals surface area contributed by atoms with Gasteiger partial charge in [0.2, 0.25) is 0 Å². The number of aromatic nitrogens is 6. The van der Waals surface area contributed by atoms with Gasteiger partial charge in [-0.3, -0.25) is 9.59 Å². The Morgan fingerprint density at radius 1 is 0.376 bits per heavy atom. The van der Waals surface area contributed by atoms with Crippen LogP contribution in [-0.4, -0.2) is 101 Å². The number of hydrogen-bond acceptors (Lipinski definition) is 18. The van der Waals surface area contributed by atoms with Crippen molar-refractivity contribution < 1.29 is 58.4 Å². The SMILES string of the molecule is CCCCC(COc1ccc(-c2nc(-c3ccccc3)nc(-c3ccc(OCC(CCCC)OC(C)=O)cc3O)n2)c(O)c1)OC(C)=O.CCCCCCCCOc1ccc(-c2nc(-c3ccc(Cl)cc3)nc(-c3ccc(OCCCCCCCC)cc3O)n2)c(O)c1. The number of benzene rings is 6. The van der Waals surface area contributed by atoms with Gasteiger partial charge < -0.3 is 48.8 Å². The summed E-state index contributed by atoms with van der Waals surface area (Å²) in [6.45, 7) is 12.8. The van der Waals surface area contributed by atoms with Crippen molar-refractivity contribution in [2.75, 3.05) is 26.4 Å². The van der Waals surface area contributed by atoms with Gasteiger partial charge in [0.15, 0.2) is 34.9 Å². The van der Waals surface area contributed by atoms with Crippen molar-refractivity contribution >= 4 is 23.5 Å². The largest absolute Gasteiger partial charge is 0.507 e. The van der Waals surface area contributed by atoms with Gasteiger partial charge >= 0.3 is 11.9 Å². The summed E-state index contributed by atoms with van der Waals surface area (Å²) < 4.78 is 34.3. The number of esters is 2. The summed E-state index contributed by atoms with van der Waals surface area (Å²) >= 11 is 6.13. The van der Waals surface area contributed by atoms with E-state index in [0.717, 1.165) is 56.9 Å². The highest BCUT2D eigenvalue weighted by atomic mass is 35.5. The number of ether oxygens (including phenoxy) is 6. The van der Waals surface area contributed by atoms with Crippen LogP contribution in [0.5, 0.6) is 46.0 Å². The van der Waals surface area contributed by atoms with Gasteiger partial charge in [-0.1, -0.05) is 147 Å². The Labute approximate surface area is 551 Å². The van der Waals surface area contributed by atoms with Gasteiger partial charge in [-0.05, 0) is 111 Å². The summed E-state index contributed by atoms with van der Waals surface area (Å²) in [5.41, 5.74) is 2.95. The number of phenols is 4. The van der Waals surface area contributed by atoms with Crippen LogP contribution in [0.3, 0.4) is 0 Å². The van der Waals surface area contributed by atoms with Crippen molar-refractivity contribution in [3.05, 3.63) is 132 Å². The molecule has 0 spiro atoms. The first-order chi connectivity index (χ1) is 45.1. The van der Waals surface area contributed by atoms with E-state index < -0.39 is 12.2 Å². The smallest absolute Gasteiger partial charge is 0.303 e. The predicted molar refractivity (Wildman–Crippen MR) is 363 cm³/mol. The first kappa shape index (κ1) is 71.4. The van der Waals surface area contributed by atoms with Crippen molar-refractivity contribution in [3.63, 3.8) is 0 Å². The van der Waals surface area contributed by atoms with Crippen molar-refractivity contribution in [2.45, 2.75) is 169 Å². The second-order valence-corrected chi connectivity index (χ2v) is 23.2. The Bertz CT molecular complexity index is 3430. The lowest BCUT2D eigenvalue weighted by molar-refractivity contribution is -0.149. The molecule has 0 aliphatic carbocycles. The molecular weight excluding hydrogens is 1200 g/mol. The van der Waals surface area contributed by atoms with E-state index in [1.807, 2.05) is 54.6 Å². The number of aromatic hydroxyl groups is 4. The Kier molecular flexibility index (Phi) is 29.3. The molecule has 0 fully saturated rings. The van der Waals surface area contributed by atoms with E-state index in [4.69, 9.17) is 40.0 Å². The monoisotopic (exact) mass is 1290 g/mol. The highest BCUT2D eigenvalue weighted by molar-refractivity contribution is 6.30. The molecule has 19 heteroatoms. The molecule has 0 bridgehead atoms. The molecule has 0 amide bonds. The predicted octanol–water partition coefficient (Wildman–Crippen LogP) is 17.7. The fourth-order valence-electron chi connectivity index (χ4n) is 10.0. The zero-order valence-electron chi connectivity index (χ0n) is 54.5. The molecular formula is C74H89ClN6O12. The molecule has 18 nitrogen and oxygen atoms in total. The topological polar surface area (TPSA) is 248 Å². The molecule has 4 N–H and O–H groups in total. The molecule has 0 radical (unpaired) electrons. The third-order valence-corrected chi connectivity index (χ3v) is 15.3. The minimum atomic E-state index is -0.399. The molecule has 0 saturated carbocycles.